The Bertz CT molecular complexity index is 1410. The number of nitrogens with zero attached hydrogens (tertiary/aromatic N) is 5. The predicted octanol–water partition coefficient (Wildman–Crippen LogP) is 4.16. The van der Waals surface area contributed by atoms with Crippen LogP contribution in [0.2, 0.25) is 0 Å². The lowest BCUT2D eigenvalue weighted by atomic mass is 10.1. The Morgan fingerprint density at radius 1 is 1.19 bits per heavy atom. The Morgan fingerprint density at radius 2 is 2.03 bits per heavy atom. The SMILES string of the molecule is CC[C@H](c1nnnn1C[C@@H]1CCCO1)N(Cc1ccccc1OC)Cc1cc2cc(C)ccc2[nH]c1=O. The highest BCUT2D eigenvalue weighted by atomic mass is 16.5. The number of benzene rings is 2. The summed E-state index contributed by atoms with van der Waals surface area (Å²) >= 11 is 0. The minimum Gasteiger partial charge on any atom is -0.496 e. The number of para-hydroxylation sites is 1. The second-order valence-electron chi connectivity index (χ2n) is 9.71. The van der Waals surface area contributed by atoms with Crippen LogP contribution in [0, 0.1) is 6.92 Å². The molecular formula is C28H34N6O3. The van der Waals surface area contributed by atoms with E-state index in [-0.39, 0.29) is 17.7 Å². The number of aromatic amines is 1. The maximum absolute atomic E-state index is 13.2. The molecule has 0 aliphatic carbocycles. The van der Waals surface area contributed by atoms with Gasteiger partial charge in [0.15, 0.2) is 5.82 Å². The van der Waals surface area contributed by atoms with Crippen LogP contribution in [0.25, 0.3) is 10.9 Å². The van der Waals surface area contributed by atoms with Crippen molar-refractivity contribution in [2.45, 2.75) is 64.9 Å². The van der Waals surface area contributed by atoms with Crippen molar-refractivity contribution in [2.24, 2.45) is 0 Å². The third kappa shape index (κ3) is 5.57. The molecule has 1 N–H and O–H groups in total. The number of pyridine rings is 1. The Labute approximate surface area is 216 Å². The summed E-state index contributed by atoms with van der Waals surface area (Å²) < 4.78 is 13.4. The highest BCUT2D eigenvalue weighted by Crippen LogP contribution is 2.29. The van der Waals surface area contributed by atoms with E-state index in [1.165, 1.54) is 0 Å². The molecule has 0 spiro atoms. The lowest BCUT2D eigenvalue weighted by Crippen LogP contribution is -2.33. The van der Waals surface area contributed by atoms with E-state index in [1.54, 1.807) is 7.11 Å². The Balaban J connectivity index is 1.52. The van der Waals surface area contributed by atoms with E-state index in [4.69, 9.17) is 9.47 Å². The largest absolute Gasteiger partial charge is 0.496 e. The molecule has 37 heavy (non-hydrogen) atoms. The van der Waals surface area contributed by atoms with Crippen LogP contribution in [0.3, 0.4) is 0 Å². The third-order valence-electron chi connectivity index (χ3n) is 7.10. The molecular weight excluding hydrogens is 468 g/mol. The van der Waals surface area contributed by atoms with E-state index in [1.807, 2.05) is 41.1 Å². The van der Waals surface area contributed by atoms with Crippen LogP contribution >= 0.6 is 0 Å². The van der Waals surface area contributed by atoms with Gasteiger partial charge in [0.25, 0.3) is 5.56 Å². The number of fused-ring (bicyclic) bond motifs is 1. The molecule has 0 radical (unpaired) electrons. The number of nitrogens with one attached hydrogen (secondary N) is 1. The number of hydrogen-bond donors (Lipinski definition) is 1. The quantitative estimate of drug-likeness (QED) is 0.348. The van der Waals surface area contributed by atoms with Gasteiger partial charge in [0, 0.05) is 36.3 Å². The summed E-state index contributed by atoms with van der Waals surface area (Å²) in [4.78, 5) is 18.5. The molecule has 0 unspecified atom stereocenters. The monoisotopic (exact) mass is 502 g/mol. The first kappa shape index (κ1) is 25.1. The summed E-state index contributed by atoms with van der Waals surface area (Å²) in [6, 6.07) is 15.9. The minimum atomic E-state index is -0.117. The second-order valence-corrected chi connectivity index (χ2v) is 9.71. The number of aryl methyl sites for hydroxylation is 1. The van der Waals surface area contributed by atoms with Crippen LogP contribution in [0.5, 0.6) is 5.75 Å². The number of methoxy groups -OCH3 is 1. The van der Waals surface area contributed by atoms with Crippen molar-refractivity contribution in [2.75, 3.05) is 13.7 Å². The minimum absolute atomic E-state index is 0.0878. The predicted molar refractivity (Wildman–Crippen MR) is 141 cm³/mol. The summed E-state index contributed by atoms with van der Waals surface area (Å²) in [6.45, 7) is 6.59. The molecule has 1 fully saturated rings. The molecule has 2 aromatic carbocycles. The van der Waals surface area contributed by atoms with Crippen molar-refractivity contribution >= 4 is 10.9 Å². The Morgan fingerprint density at radius 3 is 2.81 bits per heavy atom. The van der Waals surface area contributed by atoms with E-state index < -0.39 is 0 Å². The summed E-state index contributed by atoms with van der Waals surface area (Å²) in [5, 5.41) is 13.8. The fraction of sp³-hybridized carbons (Fsp3) is 0.429. The van der Waals surface area contributed by atoms with Crippen molar-refractivity contribution < 1.29 is 9.47 Å². The standard InChI is InChI=1S/C28H34N6O3/c1-4-25(27-30-31-32-34(27)18-23-9-7-13-37-23)33(16-20-8-5-6-10-26(20)36-3)17-22-15-21-14-19(2)11-12-24(21)29-28(22)35/h5-6,8,10-12,14-15,23,25H,4,7,9,13,16-18H2,1-3H3,(H,29,35)/t23-,25+/m0/s1. The number of H-pyrrole nitrogens is 1. The molecule has 0 amide bonds. The molecule has 0 bridgehead atoms. The van der Waals surface area contributed by atoms with Crippen molar-refractivity contribution in [3.8, 4) is 5.75 Å². The summed E-state index contributed by atoms with van der Waals surface area (Å²) in [6.07, 6.45) is 2.95. The topological polar surface area (TPSA) is 98.2 Å². The molecule has 3 heterocycles. The van der Waals surface area contributed by atoms with Gasteiger partial charge in [0.2, 0.25) is 0 Å². The molecule has 4 aromatic rings. The summed E-state index contributed by atoms with van der Waals surface area (Å²) in [5.41, 5.74) is 3.63. The van der Waals surface area contributed by atoms with Gasteiger partial charge in [-0.25, -0.2) is 4.68 Å². The van der Waals surface area contributed by atoms with Crippen LogP contribution in [0.15, 0.2) is 53.3 Å². The highest BCUT2D eigenvalue weighted by molar-refractivity contribution is 5.79. The van der Waals surface area contributed by atoms with Gasteiger partial charge in [-0.15, -0.1) is 5.10 Å². The van der Waals surface area contributed by atoms with Gasteiger partial charge in [-0.2, -0.15) is 0 Å². The molecule has 2 atom stereocenters. The number of aromatic nitrogens is 5. The molecule has 1 saturated heterocycles. The fourth-order valence-electron chi connectivity index (χ4n) is 5.20. The maximum Gasteiger partial charge on any atom is 0.252 e. The maximum atomic E-state index is 13.2. The normalized spacial score (nSPS) is 16.5. The molecule has 1 aliphatic rings. The number of tetrazole rings is 1. The van der Waals surface area contributed by atoms with Crippen molar-refractivity contribution in [3.63, 3.8) is 0 Å². The zero-order valence-corrected chi connectivity index (χ0v) is 21.7. The molecule has 5 rings (SSSR count). The molecule has 2 aromatic heterocycles. The van der Waals surface area contributed by atoms with Gasteiger partial charge >= 0.3 is 0 Å². The van der Waals surface area contributed by atoms with Gasteiger partial charge in [0.05, 0.1) is 25.8 Å². The lowest BCUT2D eigenvalue weighted by molar-refractivity contribution is 0.0887. The Hall–Kier alpha value is -3.56. The molecule has 0 saturated carbocycles. The van der Waals surface area contributed by atoms with Gasteiger partial charge in [-0.05, 0) is 66.3 Å². The van der Waals surface area contributed by atoms with Crippen LogP contribution in [0.4, 0.5) is 0 Å². The fourth-order valence-corrected chi connectivity index (χ4v) is 5.20. The van der Waals surface area contributed by atoms with Crippen LogP contribution < -0.4 is 10.3 Å². The van der Waals surface area contributed by atoms with Crippen LogP contribution in [0.1, 0.15) is 54.7 Å². The molecule has 9 heteroatoms. The number of rotatable bonds is 10. The van der Waals surface area contributed by atoms with Gasteiger partial charge < -0.3 is 14.5 Å². The molecule has 9 nitrogen and oxygen atoms in total. The van der Waals surface area contributed by atoms with Gasteiger partial charge in [0.1, 0.15) is 5.75 Å². The van der Waals surface area contributed by atoms with Crippen LogP contribution in [-0.2, 0) is 24.4 Å². The van der Waals surface area contributed by atoms with Crippen molar-refractivity contribution in [1.82, 2.24) is 30.1 Å². The smallest absolute Gasteiger partial charge is 0.252 e. The first-order chi connectivity index (χ1) is 18.1. The van der Waals surface area contributed by atoms with E-state index in [0.717, 1.165) is 59.5 Å². The van der Waals surface area contributed by atoms with Gasteiger partial charge in [-0.1, -0.05) is 36.8 Å². The first-order valence-electron chi connectivity index (χ1n) is 12.9. The van der Waals surface area contributed by atoms with Crippen molar-refractivity contribution in [3.05, 3.63) is 81.4 Å². The van der Waals surface area contributed by atoms with E-state index in [2.05, 4.69) is 51.4 Å². The summed E-state index contributed by atoms with van der Waals surface area (Å²) in [5.74, 6) is 1.59. The Kier molecular flexibility index (Phi) is 7.62. The van der Waals surface area contributed by atoms with Crippen molar-refractivity contribution in [1.29, 1.82) is 0 Å². The third-order valence-corrected chi connectivity index (χ3v) is 7.10. The molecule has 194 valence electrons. The summed E-state index contributed by atoms with van der Waals surface area (Å²) in [7, 11) is 1.68. The van der Waals surface area contributed by atoms with E-state index in [9.17, 15) is 4.79 Å². The van der Waals surface area contributed by atoms with Crippen LogP contribution in [-0.4, -0.2) is 49.9 Å². The zero-order chi connectivity index (χ0) is 25.8. The average molecular weight is 503 g/mol. The second kappa shape index (κ2) is 11.2. The van der Waals surface area contributed by atoms with Gasteiger partial charge in [-0.3, -0.25) is 9.69 Å². The number of ether oxygens (including phenoxy) is 2. The van der Waals surface area contributed by atoms with E-state index >= 15 is 0 Å². The molecule has 1 aliphatic heterocycles. The van der Waals surface area contributed by atoms with E-state index in [0.29, 0.717) is 25.2 Å². The highest BCUT2D eigenvalue weighted by Gasteiger charge is 2.28. The lowest BCUT2D eigenvalue weighted by Gasteiger charge is -2.31. The average Bonchev–Trinajstić information content (AvgIpc) is 3.58. The zero-order valence-electron chi connectivity index (χ0n) is 21.7. The first-order valence-corrected chi connectivity index (χ1v) is 12.9. The number of hydrogen-bond acceptors (Lipinski definition) is 7.